The zero-order chi connectivity index (χ0) is 22.2. The molecule has 1 amide bonds. The summed E-state index contributed by atoms with van der Waals surface area (Å²) in [5.74, 6) is 0.342. The number of phenolic OH excluding ortho intramolecular Hbond substituents is 1. The summed E-state index contributed by atoms with van der Waals surface area (Å²) < 4.78 is 6.26. The molecule has 1 saturated heterocycles. The molecule has 3 aromatic rings. The second-order valence-electron chi connectivity index (χ2n) is 8.20. The monoisotopic (exact) mass is 431 g/mol. The highest BCUT2D eigenvalue weighted by Gasteiger charge is 2.28. The van der Waals surface area contributed by atoms with Gasteiger partial charge in [0.25, 0.3) is 0 Å². The Morgan fingerprint density at radius 2 is 1.72 bits per heavy atom. The Morgan fingerprint density at radius 1 is 0.938 bits per heavy atom. The predicted molar refractivity (Wildman–Crippen MR) is 123 cm³/mol. The Labute approximate surface area is 189 Å². The lowest BCUT2D eigenvalue weighted by Gasteiger charge is -2.25. The lowest BCUT2D eigenvalue weighted by atomic mass is 10.1. The van der Waals surface area contributed by atoms with Crippen LogP contribution >= 0.6 is 0 Å². The van der Waals surface area contributed by atoms with E-state index in [9.17, 15) is 9.90 Å². The van der Waals surface area contributed by atoms with Gasteiger partial charge in [-0.3, -0.25) is 14.7 Å². The van der Waals surface area contributed by atoms with Gasteiger partial charge in [0.05, 0.1) is 19.3 Å². The summed E-state index contributed by atoms with van der Waals surface area (Å²) in [5.41, 5.74) is 3.25. The number of aromatic nitrogens is 1. The molecule has 1 aromatic heterocycles. The molecule has 0 aliphatic carbocycles. The second-order valence-corrected chi connectivity index (χ2v) is 8.20. The smallest absolute Gasteiger partial charge is 0.236 e. The van der Waals surface area contributed by atoms with E-state index in [1.807, 2.05) is 47.4 Å². The number of rotatable bonds is 8. The van der Waals surface area contributed by atoms with E-state index in [4.69, 9.17) is 4.74 Å². The highest BCUT2D eigenvalue weighted by Crippen LogP contribution is 2.17. The van der Waals surface area contributed by atoms with Gasteiger partial charge in [0.15, 0.2) is 0 Å². The van der Waals surface area contributed by atoms with Crippen molar-refractivity contribution < 1.29 is 14.6 Å². The molecule has 2 aromatic carbocycles. The van der Waals surface area contributed by atoms with Crippen LogP contribution in [-0.2, 0) is 29.1 Å². The summed E-state index contributed by atoms with van der Waals surface area (Å²) in [6, 6.07) is 21.3. The Kier molecular flexibility index (Phi) is 7.48. The summed E-state index contributed by atoms with van der Waals surface area (Å²) in [6.45, 7) is 3.27. The van der Waals surface area contributed by atoms with Gasteiger partial charge < -0.3 is 14.7 Å². The molecule has 1 atom stereocenters. The molecule has 2 heterocycles. The fourth-order valence-electron chi connectivity index (χ4n) is 4.01. The van der Waals surface area contributed by atoms with Gasteiger partial charge in [-0.2, -0.15) is 0 Å². The molecular formula is C26H29N3O3. The van der Waals surface area contributed by atoms with E-state index in [1.165, 1.54) is 5.56 Å². The topological polar surface area (TPSA) is 65.9 Å². The first-order chi connectivity index (χ1) is 15.7. The van der Waals surface area contributed by atoms with Crippen molar-refractivity contribution in [1.29, 1.82) is 0 Å². The maximum Gasteiger partial charge on any atom is 0.236 e. The SMILES string of the molecule is O=C1CN(Cc2cccc(O)c2)C[C@H](OCc2ccncc2)CN1CCc1ccccc1. The van der Waals surface area contributed by atoms with E-state index in [2.05, 4.69) is 22.0 Å². The van der Waals surface area contributed by atoms with Gasteiger partial charge in [-0.1, -0.05) is 42.5 Å². The molecule has 0 unspecified atom stereocenters. The third-order valence-electron chi connectivity index (χ3n) is 5.66. The molecule has 4 rings (SSSR count). The van der Waals surface area contributed by atoms with Crippen LogP contribution in [0.3, 0.4) is 0 Å². The molecule has 0 spiro atoms. The number of hydrogen-bond donors (Lipinski definition) is 1. The van der Waals surface area contributed by atoms with E-state index in [-0.39, 0.29) is 17.8 Å². The molecule has 32 heavy (non-hydrogen) atoms. The van der Waals surface area contributed by atoms with Crippen molar-refractivity contribution >= 4 is 5.91 Å². The van der Waals surface area contributed by atoms with Crippen LogP contribution in [0.1, 0.15) is 16.7 Å². The van der Waals surface area contributed by atoms with Crippen molar-refractivity contribution in [2.45, 2.75) is 25.7 Å². The quantitative estimate of drug-likeness (QED) is 0.593. The molecule has 0 bridgehead atoms. The van der Waals surface area contributed by atoms with Crippen LogP contribution in [0.15, 0.2) is 79.1 Å². The molecular weight excluding hydrogens is 402 g/mol. The Hall–Kier alpha value is -3.22. The van der Waals surface area contributed by atoms with Gasteiger partial charge in [0, 0.05) is 38.6 Å². The van der Waals surface area contributed by atoms with Crippen LogP contribution in [0.5, 0.6) is 5.75 Å². The fourth-order valence-corrected chi connectivity index (χ4v) is 4.01. The normalized spacial score (nSPS) is 17.3. The zero-order valence-electron chi connectivity index (χ0n) is 18.1. The van der Waals surface area contributed by atoms with Gasteiger partial charge in [-0.25, -0.2) is 0 Å². The van der Waals surface area contributed by atoms with E-state index in [0.717, 1.165) is 17.5 Å². The molecule has 1 aliphatic heterocycles. The fraction of sp³-hybridized carbons (Fsp3) is 0.308. The first-order valence-electron chi connectivity index (χ1n) is 11.0. The summed E-state index contributed by atoms with van der Waals surface area (Å²) in [5, 5.41) is 9.81. The highest BCUT2D eigenvalue weighted by atomic mass is 16.5. The summed E-state index contributed by atoms with van der Waals surface area (Å²) in [4.78, 5) is 21.2. The minimum Gasteiger partial charge on any atom is -0.508 e. The number of aromatic hydroxyl groups is 1. The molecule has 1 fully saturated rings. The first-order valence-corrected chi connectivity index (χ1v) is 11.0. The number of phenols is 1. The zero-order valence-corrected chi connectivity index (χ0v) is 18.1. The van der Waals surface area contributed by atoms with Crippen LogP contribution in [0.25, 0.3) is 0 Å². The average molecular weight is 432 g/mol. The number of carbonyl (C=O) groups is 1. The third-order valence-corrected chi connectivity index (χ3v) is 5.66. The molecule has 166 valence electrons. The average Bonchev–Trinajstić information content (AvgIpc) is 2.95. The van der Waals surface area contributed by atoms with Crippen LogP contribution in [0.2, 0.25) is 0 Å². The largest absolute Gasteiger partial charge is 0.508 e. The Bertz CT molecular complexity index is 997. The van der Waals surface area contributed by atoms with Crippen molar-refractivity contribution in [3.63, 3.8) is 0 Å². The van der Waals surface area contributed by atoms with Gasteiger partial charge in [0.2, 0.25) is 5.91 Å². The van der Waals surface area contributed by atoms with Gasteiger partial charge >= 0.3 is 0 Å². The second kappa shape index (κ2) is 10.9. The number of pyridine rings is 1. The standard InChI is InChI=1S/C26H29N3O3/c30-24-8-4-7-23(15-24)16-28-17-25(32-20-22-9-12-27-13-10-22)18-29(26(31)19-28)14-11-21-5-2-1-3-6-21/h1-10,12-13,15,25,30H,11,14,16-20H2/t25-/m0/s1. The van der Waals surface area contributed by atoms with Crippen LogP contribution in [0.4, 0.5) is 0 Å². The first kappa shape index (κ1) is 22.0. The van der Waals surface area contributed by atoms with E-state index >= 15 is 0 Å². The number of amides is 1. The maximum atomic E-state index is 13.1. The predicted octanol–water partition coefficient (Wildman–Crippen LogP) is 3.26. The van der Waals surface area contributed by atoms with Gasteiger partial charge in [-0.05, 0) is 47.4 Å². The van der Waals surface area contributed by atoms with Gasteiger partial charge in [-0.15, -0.1) is 0 Å². The summed E-state index contributed by atoms with van der Waals surface area (Å²) in [7, 11) is 0. The lowest BCUT2D eigenvalue weighted by molar-refractivity contribution is -0.131. The molecule has 0 saturated carbocycles. The molecule has 1 aliphatic rings. The number of nitrogens with zero attached hydrogens (tertiary/aromatic N) is 3. The minimum atomic E-state index is -0.109. The van der Waals surface area contributed by atoms with Crippen LogP contribution in [0, 0.1) is 0 Å². The molecule has 6 heteroatoms. The molecule has 0 radical (unpaired) electrons. The highest BCUT2D eigenvalue weighted by molar-refractivity contribution is 5.78. The van der Waals surface area contributed by atoms with E-state index in [0.29, 0.717) is 39.3 Å². The molecule has 6 nitrogen and oxygen atoms in total. The van der Waals surface area contributed by atoms with Crippen molar-refractivity contribution in [2.24, 2.45) is 0 Å². The number of benzene rings is 2. The van der Waals surface area contributed by atoms with Crippen molar-refractivity contribution in [2.75, 3.05) is 26.2 Å². The summed E-state index contributed by atoms with van der Waals surface area (Å²) in [6.07, 6.45) is 4.23. The maximum absolute atomic E-state index is 13.1. The lowest BCUT2D eigenvalue weighted by Crippen LogP contribution is -2.39. The minimum absolute atomic E-state index is 0.107. The van der Waals surface area contributed by atoms with E-state index in [1.54, 1.807) is 24.5 Å². The van der Waals surface area contributed by atoms with E-state index < -0.39 is 0 Å². The van der Waals surface area contributed by atoms with Crippen LogP contribution in [-0.4, -0.2) is 58.1 Å². The molecule has 1 N–H and O–H groups in total. The van der Waals surface area contributed by atoms with Crippen molar-refractivity contribution in [3.8, 4) is 5.75 Å². The number of ether oxygens (including phenoxy) is 1. The van der Waals surface area contributed by atoms with Crippen molar-refractivity contribution in [1.82, 2.24) is 14.8 Å². The third kappa shape index (κ3) is 6.39. The summed E-state index contributed by atoms with van der Waals surface area (Å²) >= 11 is 0. The van der Waals surface area contributed by atoms with Crippen LogP contribution < -0.4 is 0 Å². The van der Waals surface area contributed by atoms with Gasteiger partial charge in [0.1, 0.15) is 5.75 Å². The Balaban J connectivity index is 1.45. The number of hydrogen-bond acceptors (Lipinski definition) is 5. The number of carbonyl (C=O) groups excluding carboxylic acids is 1. The Morgan fingerprint density at radius 3 is 2.50 bits per heavy atom. The van der Waals surface area contributed by atoms with Crippen molar-refractivity contribution in [3.05, 3.63) is 95.8 Å².